The lowest BCUT2D eigenvalue weighted by Gasteiger charge is -2.36. The van der Waals surface area contributed by atoms with Gasteiger partial charge in [0.1, 0.15) is 17.3 Å². The van der Waals surface area contributed by atoms with Gasteiger partial charge in [0.05, 0.1) is 14.2 Å². The number of aliphatic imine (C=N–C) groups is 1. The zero-order chi connectivity index (χ0) is 22.3. The Balaban J connectivity index is 0.00000306. The van der Waals surface area contributed by atoms with Crippen molar-refractivity contribution >= 4 is 35.6 Å². The van der Waals surface area contributed by atoms with Crippen LogP contribution in [0, 0.1) is 0 Å². The van der Waals surface area contributed by atoms with E-state index in [-0.39, 0.29) is 24.0 Å². The highest BCUT2D eigenvalue weighted by Crippen LogP contribution is 2.25. The normalized spacial score (nSPS) is 14.8. The van der Waals surface area contributed by atoms with Crippen molar-refractivity contribution in [1.29, 1.82) is 0 Å². The first-order chi connectivity index (χ1) is 15.7. The molecule has 178 valence electrons. The summed E-state index contributed by atoms with van der Waals surface area (Å²) in [6.45, 7) is 5.33. The van der Waals surface area contributed by atoms with Crippen LogP contribution in [0.2, 0.25) is 0 Å². The van der Waals surface area contributed by atoms with Gasteiger partial charge in [-0.25, -0.2) is 0 Å². The summed E-state index contributed by atoms with van der Waals surface area (Å²) in [5.74, 6) is 3.62. The molecule has 0 spiro atoms. The highest BCUT2D eigenvalue weighted by Gasteiger charge is 2.21. The van der Waals surface area contributed by atoms with E-state index >= 15 is 0 Å². The molecule has 0 amide bonds. The number of ether oxygens (including phenoxy) is 2. The highest BCUT2D eigenvalue weighted by molar-refractivity contribution is 14.0. The molecule has 0 atom stereocenters. The first kappa shape index (κ1) is 25.0. The molecule has 3 aromatic rings. The van der Waals surface area contributed by atoms with Crippen molar-refractivity contribution in [2.45, 2.75) is 13.0 Å². The van der Waals surface area contributed by atoms with Gasteiger partial charge < -0.3 is 19.7 Å². The second-order valence-electron chi connectivity index (χ2n) is 7.71. The second kappa shape index (κ2) is 12.0. The van der Waals surface area contributed by atoms with Crippen molar-refractivity contribution in [2.75, 3.05) is 54.0 Å². The fourth-order valence-electron chi connectivity index (χ4n) is 4.04. The Morgan fingerprint density at radius 3 is 2.61 bits per heavy atom. The number of aromatic nitrogens is 3. The molecule has 1 aliphatic rings. The lowest BCUT2D eigenvalue weighted by molar-refractivity contribution is 0.171. The standard InChI is InChI=1S/C23H31N7O2.HI/c1-24-23(25-10-9-22-27-26-21-6-4-5-11-30(21)22)29-14-12-28(13-15-29)17-18-16-19(31-2)7-8-20(18)32-3;/h4-8,11,16H,9-10,12-15,17H2,1-3H3,(H,24,25);1H. The minimum absolute atomic E-state index is 0. The van der Waals surface area contributed by atoms with Crippen molar-refractivity contribution in [2.24, 2.45) is 4.99 Å². The van der Waals surface area contributed by atoms with Crippen molar-refractivity contribution in [3.05, 3.63) is 54.0 Å². The van der Waals surface area contributed by atoms with Gasteiger partial charge in [0.25, 0.3) is 0 Å². The Morgan fingerprint density at radius 2 is 1.88 bits per heavy atom. The van der Waals surface area contributed by atoms with E-state index in [1.807, 2.05) is 48.0 Å². The van der Waals surface area contributed by atoms with E-state index in [9.17, 15) is 0 Å². The van der Waals surface area contributed by atoms with Crippen molar-refractivity contribution in [3.63, 3.8) is 0 Å². The van der Waals surface area contributed by atoms with E-state index in [0.29, 0.717) is 0 Å². The van der Waals surface area contributed by atoms with E-state index in [0.717, 1.165) is 80.2 Å². The number of guanidine groups is 1. The van der Waals surface area contributed by atoms with Gasteiger partial charge >= 0.3 is 0 Å². The molecule has 1 aromatic carbocycles. The van der Waals surface area contributed by atoms with Crippen LogP contribution in [0.3, 0.4) is 0 Å². The van der Waals surface area contributed by atoms with Crippen LogP contribution in [0.25, 0.3) is 5.65 Å². The molecule has 1 saturated heterocycles. The van der Waals surface area contributed by atoms with Crippen LogP contribution in [0.1, 0.15) is 11.4 Å². The maximum absolute atomic E-state index is 5.53. The molecule has 1 fully saturated rings. The summed E-state index contributed by atoms with van der Waals surface area (Å²) in [6, 6.07) is 11.9. The zero-order valence-corrected chi connectivity index (χ0v) is 21.7. The van der Waals surface area contributed by atoms with Crippen LogP contribution in [-0.2, 0) is 13.0 Å². The number of fused-ring (bicyclic) bond motifs is 1. The number of hydrogen-bond donors (Lipinski definition) is 1. The van der Waals surface area contributed by atoms with Crippen molar-refractivity contribution in [1.82, 2.24) is 29.7 Å². The molecule has 0 bridgehead atoms. The quantitative estimate of drug-likeness (QED) is 0.268. The number of nitrogens with zero attached hydrogens (tertiary/aromatic N) is 6. The van der Waals surface area contributed by atoms with Crippen LogP contribution < -0.4 is 14.8 Å². The minimum atomic E-state index is 0. The number of nitrogens with one attached hydrogen (secondary N) is 1. The van der Waals surface area contributed by atoms with Gasteiger partial charge in [-0.15, -0.1) is 34.2 Å². The molecular formula is C23H32IN7O2. The average Bonchev–Trinajstić information content (AvgIpc) is 3.25. The summed E-state index contributed by atoms with van der Waals surface area (Å²) >= 11 is 0. The number of rotatable bonds is 7. The fourth-order valence-corrected chi connectivity index (χ4v) is 4.04. The third-order valence-electron chi connectivity index (χ3n) is 5.78. The summed E-state index contributed by atoms with van der Waals surface area (Å²) < 4.78 is 12.9. The third-order valence-corrected chi connectivity index (χ3v) is 5.78. The van der Waals surface area contributed by atoms with E-state index in [1.165, 1.54) is 0 Å². The number of halogens is 1. The monoisotopic (exact) mass is 565 g/mol. The summed E-state index contributed by atoms with van der Waals surface area (Å²) in [5.41, 5.74) is 2.01. The molecule has 0 radical (unpaired) electrons. The van der Waals surface area contributed by atoms with Crippen LogP contribution >= 0.6 is 24.0 Å². The number of methoxy groups -OCH3 is 2. The largest absolute Gasteiger partial charge is 0.497 e. The molecule has 2 aromatic heterocycles. The van der Waals surface area contributed by atoms with Gasteiger partial charge in [-0.2, -0.15) is 0 Å². The molecule has 10 heteroatoms. The van der Waals surface area contributed by atoms with Crippen molar-refractivity contribution < 1.29 is 9.47 Å². The van der Waals surface area contributed by atoms with Crippen LogP contribution in [0.5, 0.6) is 11.5 Å². The molecule has 0 aliphatic carbocycles. The van der Waals surface area contributed by atoms with Gasteiger partial charge in [0.2, 0.25) is 0 Å². The molecule has 0 saturated carbocycles. The fraction of sp³-hybridized carbons (Fsp3) is 0.435. The summed E-state index contributed by atoms with van der Waals surface area (Å²) in [7, 11) is 5.23. The summed E-state index contributed by atoms with van der Waals surface area (Å²) in [4.78, 5) is 9.23. The van der Waals surface area contributed by atoms with E-state index in [2.05, 4.69) is 36.4 Å². The SMILES string of the molecule is CN=C(NCCc1nnc2ccccn12)N1CCN(Cc2cc(OC)ccc2OC)CC1.I. The maximum atomic E-state index is 5.53. The van der Waals surface area contributed by atoms with Gasteiger partial charge in [-0.3, -0.25) is 14.3 Å². The summed E-state index contributed by atoms with van der Waals surface area (Å²) in [6.07, 6.45) is 2.77. The van der Waals surface area contributed by atoms with Crippen LogP contribution in [0.15, 0.2) is 47.6 Å². The van der Waals surface area contributed by atoms with Gasteiger partial charge in [0.15, 0.2) is 11.6 Å². The molecule has 1 N–H and O–H groups in total. The Labute approximate surface area is 211 Å². The minimum Gasteiger partial charge on any atom is -0.497 e. The van der Waals surface area contributed by atoms with Crippen LogP contribution in [0.4, 0.5) is 0 Å². The molecule has 9 nitrogen and oxygen atoms in total. The Kier molecular flexibility index (Phi) is 9.12. The average molecular weight is 565 g/mol. The lowest BCUT2D eigenvalue weighted by Crippen LogP contribution is -2.52. The van der Waals surface area contributed by atoms with Crippen molar-refractivity contribution in [3.8, 4) is 11.5 Å². The van der Waals surface area contributed by atoms with Gasteiger partial charge in [-0.1, -0.05) is 6.07 Å². The molecule has 33 heavy (non-hydrogen) atoms. The molecule has 1 aliphatic heterocycles. The van der Waals surface area contributed by atoms with Gasteiger partial charge in [-0.05, 0) is 30.3 Å². The Bertz CT molecular complexity index is 1060. The highest BCUT2D eigenvalue weighted by atomic mass is 127. The Hall–Kier alpha value is -2.60. The number of pyridine rings is 1. The first-order valence-corrected chi connectivity index (χ1v) is 10.9. The van der Waals surface area contributed by atoms with Crippen LogP contribution in [-0.4, -0.2) is 84.3 Å². The van der Waals surface area contributed by atoms with E-state index < -0.39 is 0 Å². The smallest absolute Gasteiger partial charge is 0.193 e. The third kappa shape index (κ3) is 6.05. The van der Waals surface area contributed by atoms with E-state index in [1.54, 1.807) is 14.2 Å². The number of benzene rings is 1. The van der Waals surface area contributed by atoms with Gasteiger partial charge in [0, 0.05) is 64.5 Å². The predicted octanol–water partition coefficient (Wildman–Crippen LogP) is 2.30. The maximum Gasteiger partial charge on any atom is 0.193 e. The number of hydrogen-bond acceptors (Lipinski definition) is 6. The second-order valence-corrected chi connectivity index (χ2v) is 7.71. The molecular weight excluding hydrogens is 533 g/mol. The summed E-state index contributed by atoms with van der Waals surface area (Å²) in [5, 5.41) is 12.0. The van der Waals surface area contributed by atoms with E-state index in [4.69, 9.17) is 9.47 Å². The Morgan fingerprint density at radius 1 is 1.06 bits per heavy atom. The first-order valence-electron chi connectivity index (χ1n) is 10.9. The number of piperazine rings is 1. The topological polar surface area (TPSA) is 79.5 Å². The molecule has 3 heterocycles. The predicted molar refractivity (Wildman–Crippen MR) is 140 cm³/mol. The zero-order valence-electron chi connectivity index (χ0n) is 19.4. The molecule has 0 unspecified atom stereocenters. The lowest BCUT2D eigenvalue weighted by atomic mass is 10.1. The molecule has 4 rings (SSSR count).